The lowest BCUT2D eigenvalue weighted by Gasteiger charge is -2.21. The van der Waals surface area contributed by atoms with Gasteiger partial charge in [0.25, 0.3) is 0 Å². The third kappa shape index (κ3) is 4.43. The van der Waals surface area contributed by atoms with Gasteiger partial charge in [0.15, 0.2) is 0 Å². The Kier molecular flexibility index (Phi) is 6.10. The zero-order valence-electron chi connectivity index (χ0n) is 19.4. The largest absolute Gasteiger partial charge is 0.481 e. The molecule has 0 amide bonds. The number of aromatic amines is 1. The number of para-hydroxylation sites is 2. The van der Waals surface area contributed by atoms with Gasteiger partial charge < -0.3 is 19.4 Å². The normalized spacial score (nSPS) is 12.1. The van der Waals surface area contributed by atoms with Gasteiger partial charge in [0.05, 0.1) is 18.2 Å². The van der Waals surface area contributed by atoms with Gasteiger partial charge in [-0.3, -0.25) is 4.79 Å². The van der Waals surface area contributed by atoms with Gasteiger partial charge in [-0.2, -0.15) is 0 Å². The summed E-state index contributed by atoms with van der Waals surface area (Å²) in [6, 6.07) is 25.5. The summed E-state index contributed by atoms with van der Waals surface area (Å²) in [6.07, 6.45) is 2.54. The molecule has 0 saturated heterocycles. The van der Waals surface area contributed by atoms with Gasteiger partial charge in [0, 0.05) is 34.7 Å². The molecule has 0 aliphatic carbocycles. The number of ether oxygens (including phenoxy) is 1. The van der Waals surface area contributed by atoms with Crippen molar-refractivity contribution in [2.24, 2.45) is 0 Å². The Bertz CT molecular complexity index is 1500. The standard InChI is InChI=1S/C29H26N2O4/c1-2-35-29(34)21-10-7-9-20(16-21)28(25-17-19-8-3-5-12-24(19)30-25)31-18-22(14-15-27(32)33)23-11-4-6-13-26(23)31/h3-13,16-18,28,30H,2,14-15H2,1H3,(H,32,33). The highest BCUT2D eigenvalue weighted by molar-refractivity contribution is 5.90. The summed E-state index contributed by atoms with van der Waals surface area (Å²) in [7, 11) is 0. The van der Waals surface area contributed by atoms with E-state index in [4.69, 9.17) is 4.74 Å². The van der Waals surface area contributed by atoms with Gasteiger partial charge in [0.2, 0.25) is 0 Å². The number of rotatable bonds is 8. The molecule has 6 nitrogen and oxygen atoms in total. The van der Waals surface area contributed by atoms with Gasteiger partial charge in [-0.05, 0) is 60.2 Å². The summed E-state index contributed by atoms with van der Waals surface area (Å²) in [5, 5.41) is 11.4. The van der Waals surface area contributed by atoms with Gasteiger partial charge in [-0.1, -0.05) is 48.5 Å². The first-order valence-corrected chi connectivity index (χ1v) is 11.7. The number of aromatic nitrogens is 2. The van der Waals surface area contributed by atoms with Crippen LogP contribution >= 0.6 is 0 Å². The fourth-order valence-electron chi connectivity index (χ4n) is 4.72. The van der Waals surface area contributed by atoms with E-state index in [1.807, 2.05) is 66.9 Å². The number of nitrogens with zero attached hydrogens (tertiary/aromatic N) is 1. The van der Waals surface area contributed by atoms with Crippen LogP contribution in [0.4, 0.5) is 0 Å². The van der Waals surface area contributed by atoms with Crippen molar-refractivity contribution in [2.75, 3.05) is 6.61 Å². The summed E-state index contributed by atoms with van der Waals surface area (Å²) in [5.74, 6) is -1.18. The molecule has 2 N–H and O–H groups in total. The van der Waals surface area contributed by atoms with Crippen LogP contribution in [-0.4, -0.2) is 33.2 Å². The van der Waals surface area contributed by atoms with Crippen LogP contribution in [0.2, 0.25) is 0 Å². The SMILES string of the molecule is CCOC(=O)c1cccc(C(c2cc3ccccc3[nH]2)n2cc(CCC(=O)O)c3ccccc32)c1. The number of aryl methyl sites for hydroxylation is 1. The molecule has 2 heterocycles. The highest BCUT2D eigenvalue weighted by Gasteiger charge is 2.23. The Morgan fingerprint density at radius 1 is 1.00 bits per heavy atom. The molecule has 1 unspecified atom stereocenters. The van der Waals surface area contributed by atoms with Crippen molar-refractivity contribution in [3.8, 4) is 0 Å². The number of aliphatic carboxylic acids is 1. The molecule has 5 rings (SSSR count). The molecule has 6 heteroatoms. The van der Waals surface area contributed by atoms with Crippen molar-refractivity contribution >= 4 is 33.7 Å². The quantitative estimate of drug-likeness (QED) is 0.277. The second kappa shape index (κ2) is 9.50. The van der Waals surface area contributed by atoms with Gasteiger partial charge in [-0.15, -0.1) is 0 Å². The van der Waals surface area contributed by atoms with E-state index in [1.54, 1.807) is 13.0 Å². The van der Waals surface area contributed by atoms with E-state index in [2.05, 4.69) is 21.7 Å². The molecule has 0 aliphatic rings. The van der Waals surface area contributed by atoms with Crippen LogP contribution in [0.25, 0.3) is 21.8 Å². The smallest absolute Gasteiger partial charge is 0.338 e. The van der Waals surface area contributed by atoms with E-state index in [-0.39, 0.29) is 18.4 Å². The van der Waals surface area contributed by atoms with E-state index in [0.29, 0.717) is 18.6 Å². The molecule has 0 radical (unpaired) electrons. The van der Waals surface area contributed by atoms with E-state index in [0.717, 1.165) is 38.6 Å². The first-order valence-electron chi connectivity index (χ1n) is 11.7. The Labute approximate surface area is 202 Å². The predicted molar refractivity (Wildman–Crippen MR) is 136 cm³/mol. The van der Waals surface area contributed by atoms with Crippen molar-refractivity contribution in [1.82, 2.24) is 9.55 Å². The number of carboxylic acids is 1. The number of carboxylic acid groups (broad SMARTS) is 1. The highest BCUT2D eigenvalue weighted by atomic mass is 16.5. The Hall–Kier alpha value is -4.32. The van der Waals surface area contributed by atoms with Gasteiger partial charge >= 0.3 is 11.9 Å². The third-order valence-corrected chi connectivity index (χ3v) is 6.27. The number of carbonyl (C=O) groups is 2. The average molecular weight is 467 g/mol. The first-order chi connectivity index (χ1) is 17.0. The second-order valence-electron chi connectivity index (χ2n) is 8.53. The molecule has 3 aromatic carbocycles. The number of hydrogen-bond acceptors (Lipinski definition) is 3. The number of H-pyrrole nitrogens is 1. The number of esters is 1. The topological polar surface area (TPSA) is 84.3 Å². The van der Waals surface area contributed by atoms with Crippen molar-refractivity contribution in [1.29, 1.82) is 0 Å². The molecule has 0 bridgehead atoms. The molecular weight excluding hydrogens is 440 g/mol. The summed E-state index contributed by atoms with van der Waals surface area (Å²) >= 11 is 0. The molecule has 0 saturated carbocycles. The number of hydrogen-bond donors (Lipinski definition) is 2. The maximum atomic E-state index is 12.5. The second-order valence-corrected chi connectivity index (χ2v) is 8.53. The zero-order chi connectivity index (χ0) is 24.4. The summed E-state index contributed by atoms with van der Waals surface area (Å²) in [5.41, 5.74) is 5.39. The number of benzene rings is 3. The van der Waals surface area contributed by atoms with Crippen molar-refractivity contribution < 1.29 is 19.4 Å². The predicted octanol–water partition coefficient (Wildman–Crippen LogP) is 5.95. The number of carbonyl (C=O) groups excluding carboxylic acids is 1. The van der Waals surface area contributed by atoms with Crippen LogP contribution < -0.4 is 0 Å². The van der Waals surface area contributed by atoms with Crippen LogP contribution in [-0.2, 0) is 16.0 Å². The maximum absolute atomic E-state index is 12.5. The van der Waals surface area contributed by atoms with Crippen LogP contribution in [0.1, 0.15) is 46.6 Å². The fourth-order valence-corrected chi connectivity index (χ4v) is 4.72. The molecule has 0 fully saturated rings. The summed E-state index contributed by atoms with van der Waals surface area (Å²) < 4.78 is 7.41. The summed E-state index contributed by atoms with van der Waals surface area (Å²) in [4.78, 5) is 27.4. The van der Waals surface area contributed by atoms with Gasteiger partial charge in [-0.25, -0.2) is 4.79 Å². The molecular formula is C29H26N2O4. The van der Waals surface area contributed by atoms with Crippen LogP contribution in [0.5, 0.6) is 0 Å². The molecule has 2 aromatic heterocycles. The highest BCUT2D eigenvalue weighted by Crippen LogP contribution is 2.35. The minimum absolute atomic E-state index is 0.0589. The molecule has 5 aromatic rings. The Morgan fingerprint density at radius 3 is 2.60 bits per heavy atom. The number of fused-ring (bicyclic) bond motifs is 2. The third-order valence-electron chi connectivity index (χ3n) is 6.27. The molecule has 1 atom stereocenters. The lowest BCUT2D eigenvalue weighted by Crippen LogP contribution is -2.13. The lowest BCUT2D eigenvalue weighted by molar-refractivity contribution is -0.136. The Morgan fingerprint density at radius 2 is 1.80 bits per heavy atom. The van der Waals surface area contributed by atoms with E-state index >= 15 is 0 Å². The van der Waals surface area contributed by atoms with Crippen LogP contribution in [0.15, 0.2) is 85.1 Å². The van der Waals surface area contributed by atoms with Crippen molar-refractivity contribution in [3.05, 3.63) is 107 Å². The average Bonchev–Trinajstić information content (AvgIpc) is 3.45. The number of nitrogens with one attached hydrogen (secondary N) is 1. The van der Waals surface area contributed by atoms with E-state index in [1.165, 1.54) is 0 Å². The zero-order valence-corrected chi connectivity index (χ0v) is 19.4. The Balaban J connectivity index is 1.71. The first kappa shape index (κ1) is 22.5. The van der Waals surface area contributed by atoms with Gasteiger partial charge in [0.1, 0.15) is 0 Å². The lowest BCUT2D eigenvalue weighted by atomic mass is 10.0. The fraction of sp³-hybridized carbons (Fsp3) is 0.172. The minimum atomic E-state index is -0.823. The molecule has 35 heavy (non-hydrogen) atoms. The summed E-state index contributed by atoms with van der Waals surface area (Å²) in [6.45, 7) is 2.10. The van der Waals surface area contributed by atoms with Crippen LogP contribution in [0.3, 0.4) is 0 Å². The minimum Gasteiger partial charge on any atom is -0.481 e. The molecule has 0 aliphatic heterocycles. The van der Waals surface area contributed by atoms with E-state index < -0.39 is 5.97 Å². The van der Waals surface area contributed by atoms with Crippen molar-refractivity contribution in [2.45, 2.75) is 25.8 Å². The van der Waals surface area contributed by atoms with Crippen molar-refractivity contribution in [3.63, 3.8) is 0 Å². The molecule has 176 valence electrons. The molecule has 0 spiro atoms. The monoisotopic (exact) mass is 466 g/mol. The van der Waals surface area contributed by atoms with Crippen LogP contribution in [0, 0.1) is 0 Å². The van der Waals surface area contributed by atoms with E-state index in [9.17, 15) is 14.7 Å². The maximum Gasteiger partial charge on any atom is 0.338 e.